The van der Waals surface area contributed by atoms with Crippen molar-refractivity contribution in [2.24, 2.45) is 5.73 Å². The van der Waals surface area contributed by atoms with Crippen LogP contribution in [0.4, 0.5) is 0 Å². The number of ether oxygens (including phenoxy) is 1. The molecular formula is C23H28N4O4S. The van der Waals surface area contributed by atoms with E-state index in [1.54, 1.807) is 16.7 Å². The molecule has 1 unspecified atom stereocenters. The number of hydrogen-bond donors (Lipinski definition) is 1. The SMILES string of the molecule is CCCC(N)c1nnc(S(=O)(=O)Cc2ccc(C(=O)OC)cc2)n1Cc1ccc(C)cc1. The molecule has 1 heterocycles. The van der Waals surface area contributed by atoms with Crippen molar-refractivity contribution in [3.05, 3.63) is 76.6 Å². The standard InChI is InChI=1S/C23H28N4O4S/c1-4-5-20(24)21-25-26-23(27(21)14-17-8-6-16(2)7-9-17)32(29,30)15-18-10-12-19(13-11-18)22(28)31-3/h6-13,20H,4-5,14-15,24H2,1-3H3. The molecule has 32 heavy (non-hydrogen) atoms. The number of rotatable bonds is 9. The number of nitrogens with two attached hydrogens (primary N) is 1. The zero-order valence-corrected chi connectivity index (χ0v) is 19.3. The number of benzene rings is 2. The van der Waals surface area contributed by atoms with Crippen LogP contribution in [0.1, 0.15) is 58.7 Å². The molecule has 1 aromatic heterocycles. The maximum atomic E-state index is 13.3. The third-order valence-corrected chi connectivity index (χ3v) is 6.72. The van der Waals surface area contributed by atoms with Crippen LogP contribution in [-0.4, -0.2) is 36.3 Å². The minimum atomic E-state index is -3.82. The summed E-state index contributed by atoms with van der Waals surface area (Å²) in [6.45, 7) is 4.30. The quantitative estimate of drug-likeness (QED) is 0.491. The monoisotopic (exact) mass is 456 g/mol. The van der Waals surface area contributed by atoms with E-state index < -0.39 is 21.8 Å². The van der Waals surface area contributed by atoms with Crippen LogP contribution in [-0.2, 0) is 26.9 Å². The first-order chi connectivity index (χ1) is 15.2. The number of sulfone groups is 1. The van der Waals surface area contributed by atoms with Gasteiger partial charge in [-0.15, -0.1) is 10.2 Å². The highest BCUT2D eigenvalue weighted by Gasteiger charge is 2.27. The van der Waals surface area contributed by atoms with Crippen LogP contribution in [0.5, 0.6) is 0 Å². The molecule has 8 nitrogen and oxygen atoms in total. The maximum absolute atomic E-state index is 13.3. The molecule has 0 saturated carbocycles. The molecule has 0 spiro atoms. The summed E-state index contributed by atoms with van der Waals surface area (Å²) in [7, 11) is -2.53. The second-order valence-electron chi connectivity index (χ2n) is 7.76. The molecule has 2 N–H and O–H groups in total. The van der Waals surface area contributed by atoms with Gasteiger partial charge in [0, 0.05) is 0 Å². The van der Waals surface area contributed by atoms with Gasteiger partial charge in [0.15, 0.2) is 5.82 Å². The van der Waals surface area contributed by atoms with Gasteiger partial charge in [-0.3, -0.25) is 4.57 Å². The van der Waals surface area contributed by atoms with E-state index in [4.69, 9.17) is 5.73 Å². The number of nitrogens with zero attached hydrogens (tertiary/aromatic N) is 3. The molecule has 0 radical (unpaired) electrons. The lowest BCUT2D eigenvalue weighted by Crippen LogP contribution is -2.20. The van der Waals surface area contributed by atoms with Crippen molar-refractivity contribution in [1.29, 1.82) is 0 Å². The highest BCUT2D eigenvalue weighted by atomic mass is 32.2. The Hall–Kier alpha value is -3.04. The predicted molar refractivity (Wildman–Crippen MR) is 121 cm³/mol. The van der Waals surface area contributed by atoms with Gasteiger partial charge in [-0.1, -0.05) is 55.3 Å². The lowest BCUT2D eigenvalue weighted by molar-refractivity contribution is 0.0600. The van der Waals surface area contributed by atoms with Crippen LogP contribution in [0.25, 0.3) is 0 Å². The topological polar surface area (TPSA) is 117 Å². The zero-order valence-electron chi connectivity index (χ0n) is 18.5. The van der Waals surface area contributed by atoms with Gasteiger partial charge in [0.1, 0.15) is 0 Å². The zero-order chi connectivity index (χ0) is 23.3. The third kappa shape index (κ3) is 5.41. The second-order valence-corrected chi connectivity index (χ2v) is 9.64. The molecule has 0 aliphatic heterocycles. The van der Waals surface area contributed by atoms with E-state index in [0.29, 0.717) is 29.9 Å². The normalized spacial score (nSPS) is 12.5. The Labute approximate surface area is 188 Å². The van der Waals surface area contributed by atoms with Crippen molar-refractivity contribution in [3.63, 3.8) is 0 Å². The summed E-state index contributed by atoms with van der Waals surface area (Å²) in [4.78, 5) is 11.6. The van der Waals surface area contributed by atoms with Gasteiger partial charge in [0.25, 0.3) is 0 Å². The third-order valence-electron chi connectivity index (χ3n) is 5.15. The van der Waals surface area contributed by atoms with Gasteiger partial charge >= 0.3 is 5.97 Å². The Morgan fingerprint density at radius 1 is 1.06 bits per heavy atom. The largest absolute Gasteiger partial charge is 0.465 e. The molecule has 3 aromatic rings. The molecule has 0 bridgehead atoms. The van der Waals surface area contributed by atoms with Gasteiger partial charge in [-0.05, 0) is 36.6 Å². The summed E-state index contributed by atoms with van der Waals surface area (Å²) in [5.41, 5.74) is 9.21. The minimum Gasteiger partial charge on any atom is -0.465 e. The van der Waals surface area contributed by atoms with Crippen LogP contribution >= 0.6 is 0 Å². The predicted octanol–water partition coefficient (Wildman–Crippen LogP) is 3.20. The first-order valence-corrected chi connectivity index (χ1v) is 12.0. The van der Waals surface area contributed by atoms with E-state index in [0.717, 1.165) is 17.5 Å². The van der Waals surface area contributed by atoms with Gasteiger partial charge in [-0.2, -0.15) is 0 Å². The highest BCUT2D eigenvalue weighted by Crippen LogP contribution is 2.22. The Balaban J connectivity index is 1.95. The van der Waals surface area contributed by atoms with Crippen LogP contribution in [0.2, 0.25) is 0 Å². The first-order valence-electron chi connectivity index (χ1n) is 10.4. The lowest BCUT2D eigenvalue weighted by Gasteiger charge is -2.15. The number of aryl methyl sites for hydroxylation is 1. The molecule has 0 amide bonds. The van der Waals surface area contributed by atoms with E-state index >= 15 is 0 Å². The summed E-state index contributed by atoms with van der Waals surface area (Å²) >= 11 is 0. The van der Waals surface area contributed by atoms with Crippen LogP contribution in [0, 0.1) is 6.92 Å². The maximum Gasteiger partial charge on any atom is 0.337 e. The van der Waals surface area contributed by atoms with Gasteiger partial charge in [0.05, 0.1) is 31.0 Å². The number of carbonyl (C=O) groups is 1. The lowest BCUT2D eigenvalue weighted by atomic mass is 10.1. The number of carbonyl (C=O) groups excluding carboxylic acids is 1. The van der Waals surface area contributed by atoms with E-state index in [-0.39, 0.29) is 10.9 Å². The smallest absolute Gasteiger partial charge is 0.337 e. The first kappa shape index (κ1) is 23.6. The fraction of sp³-hybridized carbons (Fsp3) is 0.348. The Morgan fingerprint density at radius 3 is 2.28 bits per heavy atom. The molecule has 1 atom stereocenters. The van der Waals surface area contributed by atoms with Crippen LogP contribution in [0.3, 0.4) is 0 Å². The van der Waals surface area contributed by atoms with E-state index in [2.05, 4.69) is 14.9 Å². The molecule has 0 aliphatic rings. The van der Waals surface area contributed by atoms with E-state index in [9.17, 15) is 13.2 Å². The molecule has 2 aromatic carbocycles. The molecule has 0 fully saturated rings. The molecule has 3 rings (SSSR count). The number of methoxy groups -OCH3 is 1. The molecule has 0 aliphatic carbocycles. The van der Waals surface area contributed by atoms with Gasteiger partial charge in [-0.25, -0.2) is 13.2 Å². The van der Waals surface area contributed by atoms with Crippen molar-refractivity contribution in [3.8, 4) is 0 Å². The van der Waals surface area contributed by atoms with Gasteiger partial charge in [0.2, 0.25) is 15.0 Å². The van der Waals surface area contributed by atoms with Gasteiger partial charge < -0.3 is 10.5 Å². The summed E-state index contributed by atoms with van der Waals surface area (Å²) in [5, 5.41) is 8.07. The van der Waals surface area contributed by atoms with Crippen molar-refractivity contribution >= 4 is 15.8 Å². The fourth-order valence-corrected chi connectivity index (χ4v) is 4.83. The van der Waals surface area contributed by atoms with Crippen molar-refractivity contribution in [1.82, 2.24) is 14.8 Å². The highest BCUT2D eigenvalue weighted by molar-refractivity contribution is 7.90. The Morgan fingerprint density at radius 2 is 1.69 bits per heavy atom. The second kappa shape index (κ2) is 10.1. The Kier molecular flexibility index (Phi) is 7.42. The number of esters is 1. The summed E-state index contributed by atoms with van der Waals surface area (Å²) in [5.74, 6) is -0.303. The summed E-state index contributed by atoms with van der Waals surface area (Å²) < 4.78 is 32.8. The molecular weight excluding hydrogens is 428 g/mol. The molecule has 9 heteroatoms. The van der Waals surface area contributed by atoms with Crippen molar-refractivity contribution in [2.45, 2.75) is 50.2 Å². The fourth-order valence-electron chi connectivity index (χ4n) is 3.41. The Bertz CT molecular complexity index is 1170. The summed E-state index contributed by atoms with van der Waals surface area (Å²) in [6.07, 6.45) is 1.51. The van der Waals surface area contributed by atoms with E-state index in [1.807, 2.05) is 38.1 Å². The summed E-state index contributed by atoms with van der Waals surface area (Å²) in [6, 6.07) is 13.7. The van der Waals surface area contributed by atoms with E-state index in [1.165, 1.54) is 19.2 Å². The van der Waals surface area contributed by atoms with Crippen molar-refractivity contribution < 1.29 is 17.9 Å². The minimum absolute atomic E-state index is 0.114. The van der Waals surface area contributed by atoms with Crippen LogP contribution < -0.4 is 5.73 Å². The number of aromatic nitrogens is 3. The van der Waals surface area contributed by atoms with Crippen LogP contribution in [0.15, 0.2) is 53.7 Å². The average molecular weight is 457 g/mol. The average Bonchev–Trinajstić information content (AvgIpc) is 3.20. The molecule has 0 saturated heterocycles. The van der Waals surface area contributed by atoms with Crippen molar-refractivity contribution in [2.75, 3.05) is 7.11 Å². The molecule has 170 valence electrons. The number of hydrogen-bond acceptors (Lipinski definition) is 7.